The highest BCUT2D eigenvalue weighted by Gasteiger charge is 2.34. The molecule has 1 saturated heterocycles. The van der Waals surface area contributed by atoms with Crippen LogP contribution in [0.4, 0.5) is 8.78 Å². The smallest absolute Gasteiger partial charge is 0.147 e. The van der Waals surface area contributed by atoms with E-state index < -0.39 is 0 Å². The Morgan fingerprint density at radius 1 is 1.11 bits per heavy atom. The van der Waals surface area contributed by atoms with E-state index in [2.05, 4.69) is 5.94 Å². The first-order valence-electron chi connectivity index (χ1n) is 8.86. The zero-order chi connectivity index (χ0) is 19.4. The maximum atomic E-state index is 13.3. The monoisotopic (exact) mass is 372 g/mol. The van der Waals surface area contributed by atoms with Gasteiger partial charge >= 0.3 is 0 Å². The van der Waals surface area contributed by atoms with Crippen LogP contribution in [-0.2, 0) is 11.3 Å². The quantitative estimate of drug-likeness (QED) is 0.751. The lowest BCUT2D eigenvalue weighted by Gasteiger charge is -2.45. The van der Waals surface area contributed by atoms with Gasteiger partial charge in [-0.2, -0.15) is 0 Å². The topological polar surface area (TPSA) is 32.8 Å². The second-order valence-electron chi connectivity index (χ2n) is 6.77. The van der Waals surface area contributed by atoms with Gasteiger partial charge in [0, 0.05) is 25.2 Å². The molecule has 0 amide bonds. The van der Waals surface area contributed by atoms with Gasteiger partial charge in [-0.15, -0.1) is 0 Å². The van der Waals surface area contributed by atoms with Crippen molar-refractivity contribution in [1.29, 1.82) is 0 Å². The number of piperazine rings is 1. The molecule has 1 heterocycles. The summed E-state index contributed by atoms with van der Waals surface area (Å²) >= 11 is 0. The van der Waals surface area contributed by atoms with E-state index in [4.69, 9.17) is 4.74 Å². The van der Waals surface area contributed by atoms with Crippen molar-refractivity contribution in [1.82, 2.24) is 9.80 Å². The van der Waals surface area contributed by atoms with Gasteiger partial charge in [0.05, 0.1) is 6.04 Å². The van der Waals surface area contributed by atoms with E-state index in [1.165, 1.54) is 24.3 Å². The maximum Gasteiger partial charge on any atom is 0.147 e. The largest absolute Gasteiger partial charge is 0.478 e. The molecular weight excluding hydrogens is 350 g/mol. The zero-order valence-electron chi connectivity index (χ0n) is 15.4. The number of hydrogen-bond donors (Lipinski definition) is 0. The average molecular weight is 372 g/mol. The van der Waals surface area contributed by atoms with Crippen LogP contribution in [0.15, 0.2) is 54.2 Å². The van der Waals surface area contributed by atoms with Crippen molar-refractivity contribution in [3.63, 3.8) is 0 Å². The van der Waals surface area contributed by atoms with Gasteiger partial charge in [-0.05, 0) is 43.7 Å². The molecule has 2 aromatic rings. The van der Waals surface area contributed by atoms with E-state index in [9.17, 15) is 13.6 Å². The van der Waals surface area contributed by atoms with Gasteiger partial charge in [-0.25, -0.2) is 13.6 Å². The van der Waals surface area contributed by atoms with Gasteiger partial charge in [-0.1, -0.05) is 18.2 Å². The van der Waals surface area contributed by atoms with Crippen LogP contribution in [0, 0.1) is 11.6 Å². The summed E-state index contributed by atoms with van der Waals surface area (Å²) in [5.74, 6) is 1.87. The SMILES string of the molecule is C[C@@H]1CN(COc2cccc(F)c2)[C@@H](C)C(=C=O)N1Cc1ccc(F)cc1. The summed E-state index contributed by atoms with van der Waals surface area (Å²) in [4.78, 5) is 15.7. The van der Waals surface area contributed by atoms with E-state index in [1.807, 2.05) is 23.6 Å². The highest BCUT2D eigenvalue weighted by molar-refractivity contribution is 5.54. The first-order chi connectivity index (χ1) is 13.0. The van der Waals surface area contributed by atoms with Crippen LogP contribution >= 0.6 is 0 Å². The molecule has 1 aliphatic rings. The van der Waals surface area contributed by atoms with E-state index in [-0.39, 0.29) is 30.4 Å². The van der Waals surface area contributed by atoms with Crippen LogP contribution in [0.3, 0.4) is 0 Å². The second-order valence-corrected chi connectivity index (χ2v) is 6.77. The van der Waals surface area contributed by atoms with Crippen molar-refractivity contribution in [3.8, 4) is 5.75 Å². The fourth-order valence-electron chi connectivity index (χ4n) is 3.30. The van der Waals surface area contributed by atoms with Gasteiger partial charge in [0.15, 0.2) is 0 Å². The molecule has 6 heteroatoms. The minimum absolute atomic E-state index is 0.0406. The first kappa shape index (κ1) is 19.1. The fraction of sp³-hybridized carbons (Fsp3) is 0.333. The fourth-order valence-corrected chi connectivity index (χ4v) is 3.30. The minimum Gasteiger partial charge on any atom is -0.478 e. The summed E-state index contributed by atoms with van der Waals surface area (Å²) in [6.45, 7) is 5.35. The summed E-state index contributed by atoms with van der Waals surface area (Å²) < 4.78 is 32.1. The van der Waals surface area contributed by atoms with Gasteiger partial charge < -0.3 is 9.64 Å². The maximum absolute atomic E-state index is 13.3. The van der Waals surface area contributed by atoms with Crippen molar-refractivity contribution >= 4 is 5.94 Å². The highest BCUT2D eigenvalue weighted by Crippen LogP contribution is 2.26. The summed E-state index contributed by atoms with van der Waals surface area (Å²) in [7, 11) is 0. The zero-order valence-corrected chi connectivity index (χ0v) is 15.4. The molecule has 2 aromatic carbocycles. The third kappa shape index (κ3) is 4.54. The Hall–Kier alpha value is -2.69. The molecule has 27 heavy (non-hydrogen) atoms. The Balaban J connectivity index is 1.69. The Bertz CT molecular complexity index is 834. The Kier molecular flexibility index (Phi) is 5.89. The number of rotatable bonds is 5. The van der Waals surface area contributed by atoms with E-state index in [0.29, 0.717) is 24.5 Å². The van der Waals surface area contributed by atoms with Crippen LogP contribution in [-0.4, -0.2) is 41.1 Å². The molecule has 0 saturated carbocycles. The number of ether oxygens (including phenoxy) is 1. The Labute approximate surface area is 157 Å². The van der Waals surface area contributed by atoms with Crippen molar-refractivity contribution in [2.24, 2.45) is 0 Å². The predicted octanol–water partition coefficient (Wildman–Crippen LogP) is 3.61. The van der Waals surface area contributed by atoms with E-state index in [1.54, 1.807) is 24.3 Å². The highest BCUT2D eigenvalue weighted by atomic mass is 19.1. The molecule has 1 aliphatic heterocycles. The van der Waals surface area contributed by atoms with Gasteiger partial charge in [-0.3, -0.25) is 4.90 Å². The van der Waals surface area contributed by atoms with Crippen LogP contribution in [0.2, 0.25) is 0 Å². The third-order valence-electron chi connectivity index (χ3n) is 4.85. The normalized spacial score (nSPS) is 20.4. The third-order valence-corrected chi connectivity index (χ3v) is 4.85. The number of carbonyl (C=O) groups excluding carboxylic acids is 1. The molecule has 0 aromatic heterocycles. The molecule has 0 radical (unpaired) electrons. The molecule has 4 nitrogen and oxygen atoms in total. The van der Waals surface area contributed by atoms with Crippen LogP contribution in [0.1, 0.15) is 19.4 Å². The molecule has 1 fully saturated rings. The van der Waals surface area contributed by atoms with Crippen LogP contribution < -0.4 is 4.74 Å². The molecule has 0 bridgehead atoms. The Morgan fingerprint density at radius 3 is 2.52 bits per heavy atom. The van der Waals surface area contributed by atoms with Crippen molar-refractivity contribution in [2.75, 3.05) is 13.3 Å². The Morgan fingerprint density at radius 2 is 1.85 bits per heavy atom. The van der Waals surface area contributed by atoms with Crippen LogP contribution in [0.5, 0.6) is 5.75 Å². The number of benzene rings is 2. The van der Waals surface area contributed by atoms with Gasteiger partial charge in [0.25, 0.3) is 0 Å². The average Bonchev–Trinajstić information content (AvgIpc) is 2.65. The standard InChI is InChI=1S/C21H22F2N2O2/c1-15-11-24(14-27-20-5-3-4-19(23)10-20)16(2)21(13-26)25(15)12-17-6-8-18(22)9-7-17/h3-10,15-16H,11-12,14H2,1-2H3/t15-,16+/m1/s1. The minimum atomic E-state index is -0.355. The number of nitrogens with zero attached hydrogens (tertiary/aromatic N) is 2. The van der Waals surface area contributed by atoms with Crippen molar-refractivity contribution in [3.05, 3.63) is 71.4 Å². The first-order valence-corrected chi connectivity index (χ1v) is 8.86. The molecule has 0 aliphatic carbocycles. The number of hydrogen-bond acceptors (Lipinski definition) is 4. The molecule has 142 valence electrons. The van der Waals surface area contributed by atoms with Crippen molar-refractivity contribution in [2.45, 2.75) is 32.5 Å². The molecule has 0 spiro atoms. The molecule has 3 rings (SSSR count). The second kappa shape index (κ2) is 8.33. The summed E-state index contributed by atoms with van der Waals surface area (Å²) in [5.41, 5.74) is 1.45. The molecule has 0 unspecified atom stereocenters. The summed E-state index contributed by atoms with van der Waals surface area (Å²) in [6, 6.07) is 12.1. The van der Waals surface area contributed by atoms with Gasteiger partial charge in [0.2, 0.25) is 0 Å². The lowest BCUT2D eigenvalue weighted by molar-refractivity contribution is 0.0285. The molecular formula is C21H22F2N2O2. The summed E-state index contributed by atoms with van der Waals surface area (Å²) in [6.07, 6.45) is 0. The molecule has 2 atom stereocenters. The summed E-state index contributed by atoms with van der Waals surface area (Å²) in [5, 5.41) is 0. The lowest BCUT2D eigenvalue weighted by Crippen LogP contribution is -2.55. The molecule has 0 N–H and O–H groups in total. The van der Waals surface area contributed by atoms with E-state index >= 15 is 0 Å². The van der Waals surface area contributed by atoms with Crippen molar-refractivity contribution < 1.29 is 18.3 Å². The predicted molar refractivity (Wildman–Crippen MR) is 98.7 cm³/mol. The lowest BCUT2D eigenvalue weighted by atomic mass is 10.0. The van der Waals surface area contributed by atoms with Crippen LogP contribution in [0.25, 0.3) is 0 Å². The number of halogens is 2. The van der Waals surface area contributed by atoms with E-state index in [0.717, 1.165) is 5.56 Å². The van der Waals surface area contributed by atoms with Gasteiger partial charge in [0.1, 0.15) is 35.8 Å².